The normalized spacial score (nSPS) is 13.7. The van der Waals surface area contributed by atoms with Crippen LogP contribution in [0, 0.1) is 17.1 Å². The van der Waals surface area contributed by atoms with Crippen molar-refractivity contribution in [2.45, 2.75) is 18.1 Å². The number of hydrogen-bond acceptors (Lipinski definition) is 3. The van der Waals surface area contributed by atoms with Gasteiger partial charge in [-0.2, -0.15) is 18.4 Å². The molecule has 126 valence electrons. The summed E-state index contributed by atoms with van der Waals surface area (Å²) in [5.41, 5.74) is -2.52. The standard InChI is InChI=1S/C17H14F4N2O/c1-24-15-8-6-14(7-9-15)23-16(11-22,17(19,20)21)10-12-2-4-13(18)5-3-12/h2-9,23H,10H2,1H3. The van der Waals surface area contributed by atoms with E-state index >= 15 is 0 Å². The van der Waals surface area contributed by atoms with E-state index in [-0.39, 0.29) is 11.3 Å². The topological polar surface area (TPSA) is 45.0 Å². The first-order chi connectivity index (χ1) is 11.3. The van der Waals surface area contributed by atoms with E-state index in [1.165, 1.54) is 49.6 Å². The predicted molar refractivity (Wildman–Crippen MR) is 81.1 cm³/mol. The fourth-order valence-corrected chi connectivity index (χ4v) is 2.18. The number of anilines is 1. The fourth-order valence-electron chi connectivity index (χ4n) is 2.18. The second-order valence-corrected chi connectivity index (χ2v) is 5.17. The molecule has 0 heterocycles. The van der Waals surface area contributed by atoms with Crippen LogP contribution in [0.3, 0.4) is 0 Å². The highest BCUT2D eigenvalue weighted by Gasteiger charge is 2.55. The second kappa shape index (κ2) is 6.79. The Kier molecular flexibility index (Phi) is 4.98. The van der Waals surface area contributed by atoms with Crippen LogP contribution in [0.4, 0.5) is 23.2 Å². The summed E-state index contributed by atoms with van der Waals surface area (Å²) in [4.78, 5) is 0. The number of methoxy groups -OCH3 is 1. The zero-order valence-electron chi connectivity index (χ0n) is 12.7. The number of ether oxygens (including phenoxy) is 1. The molecule has 1 atom stereocenters. The largest absolute Gasteiger partial charge is 0.497 e. The quantitative estimate of drug-likeness (QED) is 0.826. The van der Waals surface area contributed by atoms with Crippen LogP contribution in [0.5, 0.6) is 5.75 Å². The minimum Gasteiger partial charge on any atom is -0.497 e. The van der Waals surface area contributed by atoms with Gasteiger partial charge >= 0.3 is 6.18 Å². The first-order valence-electron chi connectivity index (χ1n) is 6.94. The Morgan fingerprint density at radius 1 is 1.04 bits per heavy atom. The van der Waals surface area contributed by atoms with Crippen LogP contribution in [0.25, 0.3) is 0 Å². The molecule has 7 heteroatoms. The Labute approximate surface area is 136 Å². The van der Waals surface area contributed by atoms with Crippen LogP contribution in [-0.2, 0) is 6.42 Å². The molecule has 0 aliphatic carbocycles. The summed E-state index contributed by atoms with van der Waals surface area (Å²) >= 11 is 0. The maximum absolute atomic E-state index is 13.6. The molecule has 0 saturated heterocycles. The van der Waals surface area contributed by atoms with Crippen molar-refractivity contribution in [2.75, 3.05) is 12.4 Å². The maximum atomic E-state index is 13.6. The van der Waals surface area contributed by atoms with E-state index in [1.807, 2.05) is 0 Å². The van der Waals surface area contributed by atoms with Crippen molar-refractivity contribution < 1.29 is 22.3 Å². The molecule has 24 heavy (non-hydrogen) atoms. The van der Waals surface area contributed by atoms with Gasteiger partial charge in [0.1, 0.15) is 17.6 Å². The van der Waals surface area contributed by atoms with Gasteiger partial charge in [0.05, 0.1) is 7.11 Å². The van der Waals surface area contributed by atoms with Crippen molar-refractivity contribution in [1.29, 1.82) is 5.26 Å². The van der Waals surface area contributed by atoms with Gasteiger partial charge in [-0.3, -0.25) is 0 Å². The zero-order chi connectivity index (χ0) is 17.8. The van der Waals surface area contributed by atoms with Crippen LogP contribution in [0.2, 0.25) is 0 Å². The first-order valence-corrected chi connectivity index (χ1v) is 6.94. The highest BCUT2D eigenvalue weighted by atomic mass is 19.4. The molecule has 0 aromatic heterocycles. The van der Waals surface area contributed by atoms with Gasteiger partial charge in [0.15, 0.2) is 0 Å². The van der Waals surface area contributed by atoms with Crippen LogP contribution in [0.15, 0.2) is 48.5 Å². The summed E-state index contributed by atoms with van der Waals surface area (Å²) in [6, 6.07) is 11.6. The van der Waals surface area contributed by atoms with Gasteiger partial charge in [0, 0.05) is 12.1 Å². The lowest BCUT2D eigenvalue weighted by molar-refractivity contribution is -0.162. The SMILES string of the molecule is COc1ccc(NC(C#N)(Cc2ccc(F)cc2)C(F)(F)F)cc1. The maximum Gasteiger partial charge on any atom is 0.425 e. The summed E-state index contributed by atoms with van der Waals surface area (Å²) in [5.74, 6) is -0.0786. The average Bonchev–Trinajstić information content (AvgIpc) is 2.56. The van der Waals surface area contributed by atoms with Crippen molar-refractivity contribution >= 4 is 5.69 Å². The van der Waals surface area contributed by atoms with Crippen molar-refractivity contribution in [3.63, 3.8) is 0 Å². The lowest BCUT2D eigenvalue weighted by atomic mass is 9.91. The van der Waals surface area contributed by atoms with E-state index in [2.05, 4.69) is 5.32 Å². The lowest BCUT2D eigenvalue weighted by Crippen LogP contribution is -2.52. The van der Waals surface area contributed by atoms with Gasteiger partial charge in [-0.25, -0.2) is 4.39 Å². The van der Waals surface area contributed by atoms with E-state index in [9.17, 15) is 22.8 Å². The van der Waals surface area contributed by atoms with Crippen LogP contribution in [0.1, 0.15) is 5.56 Å². The van der Waals surface area contributed by atoms with Gasteiger partial charge in [-0.15, -0.1) is 0 Å². The number of halogens is 4. The molecule has 0 saturated carbocycles. The van der Waals surface area contributed by atoms with Crippen LogP contribution in [-0.4, -0.2) is 18.8 Å². The summed E-state index contributed by atoms with van der Waals surface area (Å²) in [6.07, 6.45) is -5.49. The number of rotatable bonds is 5. The number of benzene rings is 2. The van der Waals surface area contributed by atoms with Crippen molar-refractivity contribution in [2.24, 2.45) is 0 Å². The van der Waals surface area contributed by atoms with Gasteiger partial charge in [-0.1, -0.05) is 12.1 Å². The third kappa shape index (κ3) is 3.77. The molecule has 1 unspecified atom stereocenters. The number of alkyl halides is 3. The molecule has 2 aromatic rings. The van der Waals surface area contributed by atoms with Gasteiger partial charge in [-0.05, 0) is 42.0 Å². The van der Waals surface area contributed by atoms with E-state index < -0.39 is 24.0 Å². The fraction of sp³-hybridized carbons (Fsp3) is 0.235. The van der Waals surface area contributed by atoms with Gasteiger partial charge in [0.2, 0.25) is 5.54 Å². The third-order valence-electron chi connectivity index (χ3n) is 3.51. The third-order valence-corrected chi connectivity index (χ3v) is 3.51. The van der Waals surface area contributed by atoms with E-state index in [0.29, 0.717) is 5.75 Å². The predicted octanol–water partition coefficient (Wildman–Crippen LogP) is 4.31. The lowest BCUT2D eigenvalue weighted by Gasteiger charge is -2.31. The number of nitrogens with zero attached hydrogens (tertiary/aromatic N) is 1. The Balaban J connectivity index is 2.35. The summed E-state index contributed by atoms with van der Waals surface area (Å²) in [5, 5.41) is 11.5. The molecule has 0 aliphatic rings. The molecule has 3 nitrogen and oxygen atoms in total. The second-order valence-electron chi connectivity index (χ2n) is 5.17. The molecule has 0 bridgehead atoms. The number of nitrogens with one attached hydrogen (secondary N) is 1. The summed E-state index contributed by atoms with van der Waals surface area (Å²) < 4.78 is 58.7. The van der Waals surface area contributed by atoms with Crippen molar-refractivity contribution in [3.8, 4) is 11.8 Å². The van der Waals surface area contributed by atoms with Gasteiger partial charge in [0.25, 0.3) is 0 Å². The minimum atomic E-state index is -4.84. The molecule has 0 amide bonds. The summed E-state index contributed by atoms with van der Waals surface area (Å²) in [6.45, 7) is 0. The number of hydrogen-bond donors (Lipinski definition) is 1. The van der Waals surface area contributed by atoms with E-state index in [0.717, 1.165) is 12.1 Å². The minimum absolute atomic E-state index is 0.122. The molecule has 0 radical (unpaired) electrons. The molecule has 0 aliphatic heterocycles. The Morgan fingerprint density at radius 2 is 1.62 bits per heavy atom. The van der Waals surface area contributed by atoms with Crippen LogP contribution >= 0.6 is 0 Å². The highest BCUT2D eigenvalue weighted by molar-refractivity contribution is 5.51. The summed E-state index contributed by atoms with van der Waals surface area (Å²) in [7, 11) is 1.44. The molecule has 1 N–H and O–H groups in total. The molecule has 2 aromatic carbocycles. The van der Waals surface area contributed by atoms with E-state index in [4.69, 9.17) is 4.74 Å². The van der Waals surface area contributed by atoms with Crippen molar-refractivity contribution in [1.82, 2.24) is 0 Å². The molecule has 2 rings (SSSR count). The van der Waals surface area contributed by atoms with Gasteiger partial charge < -0.3 is 10.1 Å². The average molecular weight is 338 g/mol. The molecule has 0 fully saturated rings. The highest BCUT2D eigenvalue weighted by Crippen LogP contribution is 2.36. The molecular formula is C17H14F4N2O. The molecular weight excluding hydrogens is 324 g/mol. The van der Waals surface area contributed by atoms with Crippen molar-refractivity contribution in [3.05, 3.63) is 59.9 Å². The smallest absolute Gasteiger partial charge is 0.425 e. The Bertz CT molecular complexity index is 720. The van der Waals surface area contributed by atoms with E-state index in [1.54, 1.807) is 0 Å². The van der Waals surface area contributed by atoms with Crippen LogP contribution < -0.4 is 10.1 Å². The zero-order valence-corrected chi connectivity index (χ0v) is 12.7. The first kappa shape index (κ1) is 17.6. The Hall–Kier alpha value is -2.75. The molecule has 0 spiro atoms. The monoisotopic (exact) mass is 338 g/mol. The number of nitriles is 1. The Morgan fingerprint density at radius 3 is 2.08 bits per heavy atom.